The lowest BCUT2D eigenvalue weighted by atomic mass is 9.84. The Balaban J connectivity index is 1.46. The van der Waals surface area contributed by atoms with Crippen molar-refractivity contribution in [2.24, 2.45) is 5.92 Å². The maximum absolute atomic E-state index is 12.6. The first kappa shape index (κ1) is 15.7. The van der Waals surface area contributed by atoms with Crippen LogP contribution in [0.3, 0.4) is 0 Å². The fourth-order valence-corrected chi connectivity index (χ4v) is 4.06. The fraction of sp³-hybridized carbons (Fsp3) is 0.722. The van der Waals surface area contributed by atoms with E-state index >= 15 is 0 Å². The molecule has 2 amide bonds. The number of fused-ring (bicyclic) bond motifs is 1. The van der Waals surface area contributed by atoms with Crippen LogP contribution in [0.25, 0.3) is 0 Å². The number of imidazole rings is 1. The predicted molar refractivity (Wildman–Crippen MR) is 89.2 cm³/mol. The molecule has 0 spiro atoms. The summed E-state index contributed by atoms with van der Waals surface area (Å²) >= 11 is 0. The lowest BCUT2D eigenvalue weighted by molar-refractivity contribution is -0.141. The molecule has 0 radical (unpaired) electrons. The van der Waals surface area contributed by atoms with E-state index in [0.717, 1.165) is 63.4 Å². The van der Waals surface area contributed by atoms with Gasteiger partial charge in [0.25, 0.3) is 0 Å². The highest BCUT2D eigenvalue weighted by atomic mass is 16.2. The minimum absolute atomic E-state index is 0.00230. The number of likely N-dealkylation sites (tertiary alicyclic amines) is 1. The Bertz CT molecular complexity index is 643. The number of hydrogen-bond acceptors (Lipinski definition) is 3. The Kier molecular flexibility index (Phi) is 4.06. The lowest BCUT2D eigenvalue weighted by Crippen LogP contribution is -2.45. The van der Waals surface area contributed by atoms with Gasteiger partial charge in [-0.25, -0.2) is 4.98 Å². The van der Waals surface area contributed by atoms with Crippen LogP contribution in [-0.2, 0) is 22.6 Å². The van der Waals surface area contributed by atoms with Crippen molar-refractivity contribution in [3.05, 3.63) is 17.7 Å². The summed E-state index contributed by atoms with van der Waals surface area (Å²) < 4.78 is 2.13. The van der Waals surface area contributed by atoms with E-state index in [1.165, 1.54) is 6.42 Å². The van der Waals surface area contributed by atoms with Crippen LogP contribution < -0.4 is 0 Å². The zero-order chi connectivity index (χ0) is 16.7. The Morgan fingerprint density at radius 2 is 1.88 bits per heavy atom. The Morgan fingerprint density at radius 3 is 2.54 bits per heavy atom. The van der Waals surface area contributed by atoms with Gasteiger partial charge in [0, 0.05) is 38.3 Å². The third-order valence-electron chi connectivity index (χ3n) is 5.81. The molecule has 1 saturated carbocycles. The first-order chi connectivity index (χ1) is 11.6. The van der Waals surface area contributed by atoms with Gasteiger partial charge in [-0.15, -0.1) is 0 Å². The van der Waals surface area contributed by atoms with Gasteiger partial charge in [0.2, 0.25) is 11.8 Å². The van der Waals surface area contributed by atoms with E-state index in [1.807, 2.05) is 16.0 Å². The second-order valence-corrected chi connectivity index (χ2v) is 7.38. The third-order valence-corrected chi connectivity index (χ3v) is 5.81. The molecule has 0 bridgehead atoms. The monoisotopic (exact) mass is 330 g/mol. The van der Waals surface area contributed by atoms with E-state index in [0.29, 0.717) is 6.42 Å². The van der Waals surface area contributed by atoms with Crippen molar-refractivity contribution in [3.63, 3.8) is 0 Å². The molecule has 0 N–H and O–H groups in total. The van der Waals surface area contributed by atoms with Crippen molar-refractivity contribution in [1.29, 1.82) is 0 Å². The Labute approximate surface area is 142 Å². The summed E-state index contributed by atoms with van der Waals surface area (Å²) in [5, 5.41) is 0. The molecular weight excluding hydrogens is 304 g/mol. The molecule has 1 saturated heterocycles. The van der Waals surface area contributed by atoms with E-state index in [2.05, 4.69) is 11.5 Å². The first-order valence-electron chi connectivity index (χ1n) is 9.27. The predicted octanol–water partition coefficient (Wildman–Crippen LogP) is 1.75. The highest BCUT2D eigenvalue weighted by Gasteiger charge is 2.35. The fourth-order valence-electron chi connectivity index (χ4n) is 4.06. The average Bonchev–Trinajstić information content (AvgIpc) is 3.14. The molecule has 24 heavy (non-hydrogen) atoms. The molecular formula is C18H26N4O2. The van der Waals surface area contributed by atoms with Crippen molar-refractivity contribution in [1.82, 2.24) is 19.4 Å². The Morgan fingerprint density at radius 1 is 1.12 bits per heavy atom. The van der Waals surface area contributed by atoms with Gasteiger partial charge in [0.1, 0.15) is 5.82 Å². The molecule has 3 heterocycles. The van der Waals surface area contributed by atoms with Crippen LogP contribution in [0.4, 0.5) is 0 Å². The smallest absolute Gasteiger partial charge is 0.228 e. The molecule has 0 aromatic carbocycles. The van der Waals surface area contributed by atoms with Crippen LogP contribution in [0, 0.1) is 5.92 Å². The van der Waals surface area contributed by atoms with Gasteiger partial charge in [-0.05, 0) is 32.6 Å². The van der Waals surface area contributed by atoms with Crippen LogP contribution in [0.15, 0.2) is 6.20 Å². The summed E-state index contributed by atoms with van der Waals surface area (Å²) in [4.78, 5) is 33.5. The van der Waals surface area contributed by atoms with Crippen LogP contribution in [-0.4, -0.2) is 50.8 Å². The molecule has 0 unspecified atom stereocenters. The summed E-state index contributed by atoms with van der Waals surface area (Å²) in [6.07, 6.45) is 7.85. The molecule has 2 fully saturated rings. The SMILES string of the molecule is C[C@@H]1c2nc(CC(=O)N3CCCC3)cn2CCN1C(=O)C1CCC1. The molecule has 1 aromatic heterocycles. The standard InChI is InChI=1S/C18H26N4O2/c1-13-17-19-15(11-16(23)20-7-2-3-8-20)12-21(17)9-10-22(13)18(24)14-5-4-6-14/h12-14H,2-11H2,1H3/t13-/m1/s1. The number of carbonyl (C=O) groups is 2. The van der Waals surface area contributed by atoms with Crippen molar-refractivity contribution < 1.29 is 9.59 Å². The van der Waals surface area contributed by atoms with Crippen LogP contribution in [0.1, 0.15) is 56.6 Å². The van der Waals surface area contributed by atoms with Crippen molar-refractivity contribution in [2.75, 3.05) is 19.6 Å². The third kappa shape index (κ3) is 2.72. The van der Waals surface area contributed by atoms with Crippen LogP contribution in [0.2, 0.25) is 0 Å². The molecule has 4 rings (SSSR count). The van der Waals surface area contributed by atoms with E-state index in [1.54, 1.807) is 0 Å². The molecule has 2 aliphatic heterocycles. The molecule has 3 aliphatic rings. The number of nitrogens with zero attached hydrogens (tertiary/aromatic N) is 4. The highest BCUT2D eigenvalue weighted by molar-refractivity contribution is 5.80. The van der Waals surface area contributed by atoms with Gasteiger partial charge >= 0.3 is 0 Å². The summed E-state index contributed by atoms with van der Waals surface area (Å²) in [5.74, 6) is 1.62. The van der Waals surface area contributed by atoms with Gasteiger partial charge in [-0.2, -0.15) is 0 Å². The number of rotatable bonds is 3. The Hall–Kier alpha value is -1.85. The zero-order valence-corrected chi connectivity index (χ0v) is 14.4. The van der Waals surface area contributed by atoms with Crippen LogP contribution in [0.5, 0.6) is 0 Å². The molecule has 1 atom stereocenters. The summed E-state index contributed by atoms with van der Waals surface area (Å²) in [7, 11) is 0. The number of amides is 2. The van der Waals surface area contributed by atoms with Crippen molar-refractivity contribution >= 4 is 11.8 Å². The summed E-state index contributed by atoms with van der Waals surface area (Å²) in [6, 6.07) is 0.00230. The second-order valence-electron chi connectivity index (χ2n) is 7.38. The molecule has 1 aromatic rings. The molecule has 6 nitrogen and oxygen atoms in total. The number of hydrogen-bond donors (Lipinski definition) is 0. The summed E-state index contributed by atoms with van der Waals surface area (Å²) in [5.41, 5.74) is 0.840. The van der Waals surface area contributed by atoms with Gasteiger partial charge in [0.15, 0.2) is 0 Å². The van der Waals surface area contributed by atoms with Gasteiger partial charge in [0.05, 0.1) is 18.2 Å². The lowest BCUT2D eigenvalue weighted by Gasteiger charge is -2.38. The minimum Gasteiger partial charge on any atom is -0.342 e. The minimum atomic E-state index is 0.00230. The zero-order valence-electron chi connectivity index (χ0n) is 14.4. The van der Waals surface area contributed by atoms with Gasteiger partial charge < -0.3 is 14.4 Å². The molecule has 130 valence electrons. The van der Waals surface area contributed by atoms with Crippen molar-refractivity contribution in [3.8, 4) is 0 Å². The largest absolute Gasteiger partial charge is 0.342 e. The maximum atomic E-state index is 12.6. The van der Waals surface area contributed by atoms with Gasteiger partial charge in [-0.1, -0.05) is 6.42 Å². The van der Waals surface area contributed by atoms with E-state index in [9.17, 15) is 9.59 Å². The number of aromatic nitrogens is 2. The van der Waals surface area contributed by atoms with E-state index in [4.69, 9.17) is 4.98 Å². The second kappa shape index (κ2) is 6.22. The number of carbonyl (C=O) groups excluding carboxylic acids is 2. The van der Waals surface area contributed by atoms with Crippen molar-refractivity contribution in [2.45, 2.75) is 58.0 Å². The summed E-state index contributed by atoms with van der Waals surface area (Å²) in [6.45, 7) is 5.35. The molecule has 1 aliphatic carbocycles. The molecule has 6 heteroatoms. The maximum Gasteiger partial charge on any atom is 0.228 e. The van der Waals surface area contributed by atoms with Crippen LogP contribution >= 0.6 is 0 Å². The topological polar surface area (TPSA) is 58.4 Å². The van der Waals surface area contributed by atoms with Gasteiger partial charge in [-0.3, -0.25) is 9.59 Å². The highest BCUT2D eigenvalue weighted by Crippen LogP contribution is 2.33. The quantitative estimate of drug-likeness (QED) is 0.848. The normalized spacial score (nSPS) is 24.0. The average molecular weight is 330 g/mol. The van der Waals surface area contributed by atoms with E-state index < -0.39 is 0 Å². The first-order valence-corrected chi connectivity index (χ1v) is 9.27. The van der Waals surface area contributed by atoms with E-state index in [-0.39, 0.29) is 23.8 Å².